The molecule has 0 spiro atoms. The van der Waals surface area contributed by atoms with E-state index in [4.69, 9.17) is 5.11 Å². The molecule has 1 fully saturated rings. The quantitative estimate of drug-likeness (QED) is 0.419. The molecule has 0 atom stereocenters. The van der Waals surface area contributed by atoms with Crippen molar-refractivity contribution in [1.82, 2.24) is 15.5 Å². The van der Waals surface area contributed by atoms with Gasteiger partial charge in [0.1, 0.15) is 6.54 Å². The second-order valence-electron chi connectivity index (χ2n) is 4.36. The van der Waals surface area contributed by atoms with E-state index in [2.05, 4.69) is 17.2 Å². The topological polar surface area (TPSA) is 98.7 Å². The van der Waals surface area contributed by atoms with Crippen molar-refractivity contribution in [2.24, 2.45) is 5.92 Å². The first kappa shape index (κ1) is 15.0. The number of hydrogen-bond acceptors (Lipinski definition) is 3. The van der Waals surface area contributed by atoms with Crippen molar-refractivity contribution >= 4 is 17.9 Å². The maximum atomic E-state index is 11.7. The van der Waals surface area contributed by atoms with Gasteiger partial charge in [-0.05, 0) is 12.8 Å². The third kappa shape index (κ3) is 5.89. The maximum absolute atomic E-state index is 11.7. The van der Waals surface area contributed by atoms with Crippen LogP contribution in [0.3, 0.4) is 0 Å². The van der Waals surface area contributed by atoms with E-state index in [0.717, 1.165) is 17.7 Å². The number of amides is 3. The summed E-state index contributed by atoms with van der Waals surface area (Å²) >= 11 is 0. The average molecular weight is 269 g/mol. The van der Waals surface area contributed by atoms with E-state index in [1.807, 2.05) is 0 Å². The summed E-state index contributed by atoms with van der Waals surface area (Å²) in [5, 5.41) is 13.9. The van der Waals surface area contributed by atoms with E-state index in [0.29, 0.717) is 6.54 Å². The monoisotopic (exact) mass is 269 g/mol. The van der Waals surface area contributed by atoms with E-state index in [1.165, 1.54) is 6.08 Å². The Morgan fingerprint density at radius 1 is 1.26 bits per heavy atom. The zero-order valence-corrected chi connectivity index (χ0v) is 10.7. The molecule has 0 radical (unpaired) electrons. The number of aliphatic carboxylic acids is 1. The third-order valence-electron chi connectivity index (χ3n) is 2.61. The number of carbonyl (C=O) groups excluding carboxylic acids is 2. The SMILES string of the molecule is C=CCN(CC(=O)O)C(=O)NCCNC(=O)C1CC1. The van der Waals surface area contributed by atoms with E-state index in [1.54, 1.807) is 0 Å². The molecule has 0 aromatic rings. The molecule has 7 heteroatoms. The molecule has 3 N–H and O–H groups in total. The summed E-state index contributed by atoms with van der Waals surface area (Å²) in [5.41, 5.74) is 0. The number of carboxylic acid groups (broad SMARTS) is 1. The number of hydrogen-bond donors (Lipinski definition) is 3. The molecule has 0 aliphatic heterocycles. The standard InChI is InChI=1S/C12H19N3O4/c1-2-7-15(8-10(16)17)12(19)14-6-5-13-11(18)9-3-4-9/h2,9H,1,3-8H2,(H,13,18)(H,14,19)(H,16,17). The summed E-state index contributed by atoms with van der Waals surface area (Å²) in [6.45, 7) is 3.85. The second kappa shape index (κ2) is 7.40. The summed E-state index contributed by atoms with van der Waals surface area (Å²) in [7, 11) is 0. The van der Waals surface area contributed by atoms with Gasteiger partial charge in [-0.2, -0.15) is 0 Å². The number of nitrogens with one attached hydrogen (secondary N) is 2. The van der Waals surface area contributed by atoms with Crippen molar-refractivity contribution in [3.63, 3.8) is 0 Å². The smallest absolute Gasteiger partial charge is 0.323 e. The van der Waals surface area contributed by atoms with Crippen LogP contribution in [-0.4, -0.2) is 54.1 Å². The number of carbonyl (C=O) groups is 3. The highest BCUT2D eigenvalue weighted by atomic mass is 16.4. The Bertz CT molecular complexity index is 366. The Morgan fingerprint density at radius 3 is 2.42 bits per heavy atom. The second-order valence-corrected chi connectivity index (χ2v) is 4.36. The van der Waals surface area contributed by atoms with Gasteiger partial charge in [0, 0.05) is 25.6 Å². The summed E-state index contributed by atoms with van der Waals surface area (Å²) in [6.07, 6.45) is 3.32. The number of nitrogens with zero attached hydrogens (tertiary/aromatic N) is 1. The molecular formula is C12H19N3O4. The van der Waals surface area contributed by atoms with E-state index in [9.17, 15) is 14.4 Å². The molecule has 1 rings (SSSR count). The van der Waals surface area contributed by atoms with Gasteiger partial charge in [-0.25, -0.2) is 4.79 Å². The van der Waals surface area contributed by atoms with Crippen LogP contribution in [0.2, 0.25) is 0 Å². The van der Waals surface area contributed by atoms with E-state index in [-0.39, 0.29) is 31.5 Å². The van der Waals surface area contributed by atoms with Crippen LogP contribution >= 0.6 is 0 Å². The maximum Gasteiger partial charge on any atom is 0.323 e. The average Bonchev–Trinajstić information content (AvgIpc) is 3.17. The van der Waals surface area contributed by atoms with Crippen molar-refractivity contribution < 1.29 is 19.5 Å². The molecule has 1 aliphatic carbocycles. The summed E-state index contributed by atoms with van der Waals surface area (Å²) in [4.78, 5) is 34.7. The fourth-order valence-corrected chi connectivity index (χ4v) is 1.50. The molecule has 7 nitrogen and oxygen atoms in total. The van der Waals surface area contributed by atoms with Crippen LogP contribution in [0, 0.1) is 5.92 Å². The first-order chi connectivity index (χ1) is 9.04. The van der Waals surface area contributed by atoms with Gasteiger partial charge in [-0.1, -0.05) is 6.08 Å². The van der Waals surface area contributed by atoms with Crippen LogP contribution in [0.15, 0.2) is 12.7 Å². The van der Waals surface area contributed by atoms with Gasteiger partial charge < -0.3 is 20.6 Å². The minimum atomic E-state index is -1.08. The molecule has 1 aliphatic rings. The largest absolute Gasteiger partial charge is 0.480 e. The molecular weight excluding hydrogens is 250 g/mol. The van der Waals surface area contributed by atoms with Crippen molar-refractivity contribution in [3.05, 3.63) is 12.7 Å². The molecule has 0 bridgehead atoms. The normalized spacial score (nSPS) is 13.5. The Labute approximate surface area is 111 Å². The van der Waals surface area contributed by atoms with Gasteiger partial charge in [0.05, 0.1) is 0 Å². The van der Waals surface area contributed by atoms with Gasteiger partial charge in [0.25, 0.3) is 0 Å². The van der Waals surface area contributed by atoms with Gasteiger partial charge >= 0.3 is 12.0 Å². The van der Waals surface area contributed by atoms with E-state index >= 15 is 0 Å². The highest BCUT2D eigenvalue weighted by Crippen LogP contribution is 2.28. The number of carboxylic acids is 1. The van der Waals surface area contributed by atoms with Gasteiger partial charge in [-0.3, -0.25) is 9.59 Å². The lowest BCUT2D eigenvalue weighted by molar-refractivity contribution is -0.137. The van der Waals surface area contributed by atoms with Crippen LogP contribution in [0.5, 0.6) is 0 Å². The van der Waals surface area contributed by atoms with Crippen LogP contribution in [0.25, 0.3) is 0 Å². The fraction of sp³-hybridized carbons (Fsp3) is 0.583. The molecule has 0 aromatic heterocycles. The van der Waals surface area contributed by atoms with Crippen LogP contribution in [-0.2, 0) is 9.59 Å². The van der Waals surface area contributed by atoms with Gasteiger partial charge in [0.15, 0.2) is 0 Å². The van der Waals surface area contributed by atoms with Crippen molar-refractivity contribution in [3.8, 4) is 0 Å². The molecule has 0 heterocycles. The lowest BCUT2D eigenvalue weighted by Crippen LogP contribution is -2.45. The molecule has 106 valence electrons. The number of rotatable bonds is 8. The highest BCUT2D eigenvalue weighted by Gasteiger charge is 2.29. The molecule has 1 saturated carbocycles. The lowest BCUT2D eigenvalue weighted by atomic mass is 10.4. The van der Waals surface area contributed by atoms with Crippen molar-refractivity contribution in [2.45, 2.75) is 12.8 Å². The summed E-state index contributed by atoms with van der Waals surface area (Å²) in [6, 6.07) is -0.483. The van der Waals surface area contributed by atoms with Crippen molar-refractivity contribution in [2.75, 3.05) is 26.2 Å². The zero-order valence-electron chi connectivity index (χ0n) is 10.7. The third-order valence-corrected chi connectivity index (χ3v) is 2.61. The Kier molecular flexibility index (Phi) is 5.84. The number of urea groups is 1. The Hall–Kier alpha value is -2.05. The zero-order chi connectivity index (χ0) is 14.3. The molecule has 0 saturated heterocycles. The Morgan fingerprint density at radius 2 is 1.89 bits per heavy atom. The van der Waals surface area contributed by atoms with Crippen molar-refractivity contribution in [1.29, 1.82) is 0 Å². The lowest BCUT2D eigenvalue weighted by Gasteiger charge is -2.19. The summed E-state index contributed by atoms with van der Waals surface area (Å²) in [5.74, 6) is -0.929. The minimum absolute atomic E-state index is 0.0164. The first-order valence-electron chi connectivity index (χ1n) is 6.17. The minimum Gasteiger partial charge on any atom is -0.480 e. The van der Waals surface area contributed by atoms with Crippen LogP contribution < -0.4 is 10.6 Å². The first-order valence-corrected chi connectivity index (χ1v) is 6.17. The van der Waals surface area contributed by atoms with Crippen LogP contribution in [0.4, 0.5) is 4.79 Å². The molecule has 0 aromatic carbocycles. The fourth-order valence-electron chi connectivity index (χ4n) is 1.50. The molecule has 19 heavy (non-hydrogen) atoms. The predicted octanol–water partition coefficient (Wildman–Crippen LogP) is -0.205. The van der Waals surface area contributed by atoms with Gasteiger partial charge in [0.2, 0.25) is 5.91 Å². The van der Waals surface area contributed by atoms with Gasteiger partial charge in [-0.15, -0.1) is 6.58 Å². The predicted molar refractivity (Wildman–Crippen MR) is 68.5 cm³/mol. The highest BCUT2D eigenvalue weighted by molar-refractivity contribution is 5.81. The molecule has 0 unspecified atom stereocenters. The van der Waals surface area contributed by atoms with Crippen LogP contribution in [0.1, 0.15) is 12.8 Å². The molecule has 3 amide bonds. The summed E-state index contributed by atoms with van der Waals surface area (Å²) < 4.78 is 0. The Balaban J connectivity index is 2.20. The van der Waals surface area contributed by atoms with E-state index < -0.39 is 12.0 Å².